The zero-order valence-corrected chi connectivity index (χ0v) is 32.8. The van der Waals surface area contributed by atoms with Crippen molar-refractivity contribution in [1.29, 1.82) is 0 Å². The molecule has 9 rings (SSSR count). The minimum absolute atomic E-state index is 0.0651. The van der Waals surface area contributed by atoms with Gasteiger partial charge in [-0.15, -0.1) is 0 Å². The molecule has 3 aromatic heterocycles. The maximum atomic E-state index is 14.3. The first kappa shape index (κ1) is 36.1. The number of H-pyrrole nitrogens is 1. The van der Waals surface area contributed by atoms with E-state index in [1.54, 1.807) is 14.2 Å². The van der Waals surface area contributed by atoms with Crippen LogP contribution in [0.1, 0.15) is 74.4 Å². The molecule has 1 spiro atoms. The van der Waals surface area contributed by atoms with E-state index >= 15 is 0 Å². The van der Waals surface area contributed by atoms with Gasteiger partial charge in [-0.05, 0) is 106 Å². The number of rotatable bonds is 8. The number of phenols is 1. The molecule has 0 saturated carbocycles. The number of ether oxygens (including phenoxy) is 3. The van der Waals surface area contributed by atoms with Gasteiger partial charge >= 0.3 is 0 Å². The number of aromatic amines is 1. The Kier molecular flexibility index (Phi) is 8.41. The molecule has 11 heteroatoms. The highest BCUT2D eigenvalue weighted by molar-refractivity contribution is 5.97. The fourth-order valence-corrected chi connectivity index (χ4v) is 10.6. The van der Waals surface area contributed by atoms with Gasteiger partial charge in [0.05, 0.1) is 14.2 Å². The van der Waals surface area contributed by atoms with Crippen molar-refractivity contribution in [1.82, 2.24) is 19.6 Å². The van der Waals surface area contributed by atoms with Gasteiger partial charge in [-0.1, -0.05) is 19.1 Å². The number of likely N-dealkylation sites (N-methyl/N-ethyl adjacent to an activating group) is 1. The molecular formula is C45H48N4O7. The van der Waals surface area contributed by atoms with Crippen molar-refractivity contribution in [2.24, 2.45) is 5.92 Å². The van der Waals surface area contributed by atoms with Crippen LogP contribution in [0.4, 0.5) is 0 Å². The highest BCUT2D eigenvalue weighted by Gasteiger charge is 2.64. The first-order valence-electron chi connectivity index (χ1n) is 19.3. The lowest BCUT2D eigenvalue weighted by Gasteiger charge is -2.56. The number of hydrogen-bond acceptors (Lipinski definition) is 8. The van der Waals surface area contributed by atoms with Crippen molar-refractivity contribution in [2.75, 3.05) is 27.8 Å². The summed E-state index contributed by atoms with van der Waals surface area (Å²) < 4.78 is 20.0. The predicted molar refractivity (Wildman–Crippen MR) is 213 cm³/mol. The summed E-state index contributed by atoms with van der Waals surface area (Å²) >= 11 is 0. The number of hydrogen-bond donors (Lipinski definition) is 4. The number of phenolic OH excluding ortho intramolecular Hbond substituents is 1. The summed E-state index contributed by atoms with van der Waals surface area (Å²) in [6, 6.07) is 13.6. The molecule has 11 nitrogen and oxygen atoms in total. The van der Waals surface area contributed by atoms with Crippen LogP contribution >= 0.6 is 0 Å². The second-order valence-corrected chi connectivity index (χ2v) is 16.2. The number of aliphatic hydroxyl groups is 1. The molecule has 1 fully saturated rings. The Balaban J connectivity index is 1.22. The number of likely N-dealkylation sites (tertiary alicyclic amines) is 1. The molecule has 4 aliphatic rings. The molecule has 2 aliphatic heterocycles. The monoisotopic (exact) mass is 756 g/mol. The van der Waals surface area contributed by atoms with Crippen LogP contribution in [-0.2, 0) is 18.4 Å². The van der Waals surface area contributed by atoms with E-state index in [-0.39, 0.29) is 41.6 Å². The number of carbonyl (C=O) groups excluding carboxylic acids is 1. The molecule has 2 aliphatic carbocycles. The number of aliphatic hydroxyl groups excluding tert-OH is 1. The summed E-state index contributed by atoms with van der Waals surface area (Å²) in [6.07, 6.45) is 6.43. The van der Waals surface area contributed by atoms with Crippen LogP contribution in [0.2, 0.25) is 0 Å². The highest BCUT2D eigenvalue weighted by Crippen LogP contribution is 2.63. The number of pyridine rings is 2. The van der Waals surface area contributed by atoms with Gasteiger partial charge in [-0.2, -0.15) is 0 Å². The van der Waals surface area contributed by atoms with Gasteiger partial charge in [0.25, 0.3) is 11.5 Å². The van der Waals surface area contributed by atoms with Crippen LogP contribution in [0.15, 0.2) is 65.6 Å². The van der Waals surface area contributed by atoms with E-state index in [1.807, 2.05) is 69.3 Å². The topological polar surface area (TPSA) is 138 Å². The standard InChI is InChI=1S/C45H48N4O7/c1-22-14-23(2)47-44(53)33(22)20-46-43(52)31-16-27-15-26(29-9-8-28(54-6)17-38(29)55-7)21-49(27)40(25(31)4)24(3)30-19-37(51)41-39-32(30)18-35-34-10-11-36(50)42(56-41)45(34,39)12-13-48(35)5/h8-11,14-17,19,21,24,34-36,42,50-51H,12-13,18,20H2,1-7H3,(H,46,52)(H,47,53)/t24?,34-,35+,36-,42-,45-/m0/s1. The molecule has 0 radical (unpaired) electrons. The molecular weight excluding hydrogens is 709 g/mol. The average molecular weight is 757 g/mol. The molecule has 5 heterocycles. The maximum absolute atomic E-state index is 14.3. The van der Waals surface area contributed by atoms with Gasteiger partial charge in [0, 0.05) is 86.8 Å². The zero-order valence-electron chi connectivity index (χ0n) is 32.8. The Morgan fingerprint density at radius 1 is 1.11 bits per heavy atom. The SMILES string of the molecule is COc1ccc(-c2cc3cc(C(=O)NCc4c(C)cc(C)[nH]c4=O)c(C)c(C(C)c4cc(O)c5c6c4C[C@@H]4[C@@H]7C=C[C@H](O)[C@H](O5)[C@]67CCN4C)n3c2)c(OC)c1. The molecule has 1 amide bonds. The second-order valence-electron chi connectivity index (χ2n) is 16.2. The zero-order chi connectivity index (χ0) is 39.4. The third-order valence-electron chi connectivity index (χ3n) is 13.3. The van der Waals surface area contributed by atoms with E-state index in [0.29, 0.717) is 28.4 Å². The number of carbonyl (C=O) groups is 1. The Morgan fingerprint density at radius 2 is 1.91 bits per heavy atom. The number of aromatic hydroxyl groups is 1. The predicted octanol–water partition coefficient (Wildman–Crippen LogP) is 5.83. The molecule has 4 N–H and O–H groups in total. The molecule has 2 bridgehead atoms. The number of nitrogens with one attached hydrogen (secondary N) is 2. The lowest BCUT2D eigenvalue weighted by Crippen LogP contribution is -2.64. The number of aryl methyl sites for hydroxylation is 2. The molecule has 290 valence electrons. The van der Waals surface area contributed by atoms with Crippen molar-refractivity contribution in [3.8, 4) is 34.1 Å². The van der Waals surface area contributed by atoms with Crippen LogP contribution in [0.25, 0.3) is 16.6 Å². The van der Waals surface area contributed by atoms with Crippen molar-refractivity contribution < 1.29 is 29.2 Å². The lowest BCUT2D eigenvalue weighted by molar-refractivity contribution is -0.0454. The minimum Gasteiger partial charge on any atom is -0.504 e. The average Bonchev–Trinajstić information content (AvgIpc) is 3.76. The Morgan fingerprint density at radius 3 is 2.66 bits per heavy atom. The smallest absolute Gasteiger partial charge is 0.253 e. The van der Waals surface area contributed by atoms with Gasteiger partial charge in [0.1, 0.15) is 23.7 Å². The van der Waals surface area contributed by atoms with Crippen LogP contribution in [0.5, 0.6) is 23.0 Å². The first-order valence-corrected chi connectivity index (χ1v) is 19.3. The Hall–Kier alpha value is -5.52. The van der Waals surface area contributed by atoms with Gasteiger partial charge in [-0.3, -0.25) is 9.59 Å². The van der Waals surface area contributed by atoms with Crippen LogP contribution in [0, 0.1) is 26.7 Å². The van der Waals surface area contributed by atoms with Gasteiger partial charge < -0.3 is 44.0 Å². The fraction of sp³-hybridized carbons (Fsp3) is 0.378. The van der Waals surface area contributed by atoms with Crippen LogP contribution in [-0.4, -0.2) is 76.5 Å². The molecule has 5 aromatic rings. The van der Waals surface area contributed by atoms with Crippen molar-refractivity contribution in [3.05, 3.63) is 121 Å². The molecule has 1 saturated heterocycles. The number of methoxy groups -OCH3 is 2. The number of nitrogens with zero attached hydrogens (tertiary/aromatic N) is 2. The normalized spacial score (nSPS) is 23.8. The first-order chi connectivity index (χ1) is 26.9. The largest absolute Gasteiger partial charge is 0.504 e. The molecule has 56 heavy (non-hydrogen) atoms. The highest BCUT2D eigenvalue weighted by atomic mass is 16.5. The molecule has 6 atom stereocenters. The molecule has 2 aromatic carbocycles. The van der Waals surface area contributed by atoms with E-state index in [0.717, 1.165) is 75.2 Å². The number of piperidine rings is 1. The van der Waals surface area contributed by atoms with E-state index < -0.39 is 17.6 Å². The van der Waals surface area contributed by atoms with Crippen LogP contribution in [0.3, 0.4) is 0 Å². The third kappa shape index (κ3) is 5.16. The quantitative estimate of drug-likeness (QED) is 0.145. The van der Waals surface area contributed by atoms with E-state index in [4.69, 9.17) is 14.2 Å². The fourth-order valence-electron chi connectivity index (χ4n) is 10.6. The lowest BCUT2D eigenvalue weighted by atomic mass is 9.52. The number of benzene rings is 2. The Labute approximate surface area is 325 Å². The van der Waals surface area contributed by atoms with Crippen molar-refractivity contribution in [3.63, 3.8) is 0 Å². The second kappa shape index (κ2) is 13.0. The van der Waals surface area contributed by atoms with Crippen LogP contribution < -0.4 is 25.1 Å². The minimum atomic E-state index is -0.779. The summed E-state index contributed by atoms with van der Waals surface area (Å²) in [5.74, 6) is 1.44. The van der Waals surface area contributed by atoms with Crippen molar-refractivity contribution >= 4 is 11.4 Å². The summed E-state index contributed by atoms with van der Waals surface area (Å²) in [7, 11) is 5.43. The van der Waals surface area contributed by atoms with E-state index in [2.05, 4.69) is 45.8 Å². The van der Waals surface area contributed by atoms with Gasteiger partial charge in [0.2, 0.25) is 0 Å². The summed E-state index contributed by atoms with van der Waals surface area (Å²) in [5, 5.41) is 26.1. The summed E-state index contributed by atoms with van der Waals surface area (Å²) in [4.78, 5) is 32.4. The summed E-state index contributed by atoms with van der Waals surface area (Å²) in [5.41, 5.74) is 9.28. The third-order valence-corrected chi connectivity index (χ3v) is 13.3. The molecule has 1 unspecified atom stereocenters. The number of amides is 1. The number of aromatic nitrogens is 2. The maximum Gasteiger partial charge on any atom is 0.253 e. The van der Waals surface area contributed by atoms with Gasteiger partial charge in [-0.25, -0.2) is 0 Å². The number of fused-ring (bicyclic) bond motifs is 1. The Bertz CT molecular complexity index is 2550. The van der Waals surface area contributed by atoms with E-state index in [9.17, 15) is 19.8 Å². The van der Waals surface area contributed by atoms with Gasteiger partial charge in [0.15, 0.2) is 11.5 Å². The van der Waals surface area contributed by atoms with E-state index in [1.165, 1.54) is 0 Å². The summed E-state index contributed by atoms with van der Waals surface area (Å²) in [6.45, 7) is 8.76. The van der Waals surface area contributed by atoms with Crippen molar-refractivity contribution in [2.45, 2.75) is 76.7 Å².